The molecular formula is C34H28N8O3. The molecule has 0 amide bonds. The normalized spacial score (nSPS) is 10.7. The largest absolute Gasteiger partial charge is 0.453 e. The van der Waals surface area contributed by atoms with E-state index >= 15 is 0 Å². The van der Waals surface area contributed by atoms with Crippen LogP contribution in [-0.4, -0.2) is 25.5 Å². The molecule has 2 heterocycles. The molecule has 0 saturated heterocycles. The number of aryl methyl sites for hydroxylation is 2. The fraction of sp³-hybridized carbons (Fsp3) is 0.0882. The Morgan fingerprint density at radius 2 is 1.60 bits per heavy atom. The van der Waals surface area contributed by atoms with Gasteiger partial charge in [0.1, 0.15) is 17.3 Å². The minimum absolute atomic E-state index is 0.00746. The molecule has 0 aliphatic rings. The monoisotopic (exact) mass is 596 g/mol. The summed E-state index contributed by atoms with van der Waals surface area (Å²) in [4.78, 5) is 14.1. The number of nitriles is 1. The van der Waals surface area contributed by atoms with Crippen LogP contribution in [0.4, 0.5) is 5.69 Å². The van der Waals surface area contributed by atoms with E-state index in [2.05, 4.69) is 16.4 Å². The summed E-state index contributed by atoms with van der Waals surface area (Å²) in [7, 11) is 0. The number of guanidine groups is 1. The van der Waals surface area contributed by atoms with Gasteiger partial charge in [-0.3, -0.25) is 5.41 Å². The number of nitrogens with two attached hydrogens (primary N) is 1. The lowest BCUT2D eigenvalue weighted by Crippen LogP contribution is -2.20. The first kappa shape index (κ1) is 28.7. The molecule has 2 aromatic heterocycles. The zero-order chi connectivity index (χ0) is 31.3. The molecule has 222 valence electrons. The number of para-hydroxylation sites is 1. The molecule has 0 unspecified atom stereocenters. The predicted molar refractivity (Wildman–Crippen MR) is 170 cm³/mol. The number of fused-ring (bicyclic) bond motifs is 1. The Balaban J connectivity index is 1.46. The molecule has 0 spiro atoms. The Bertz CT molecular complexity index is 2050. The van der Waals surface area contributed by atoms with Gasteiger partial charge in [0, 0.05) is 17.8 Å². The molecule has 0 bridgehead atoms. The van der Waals surface area contributed by atoms with Crippen molar-refractivity contribution in [3.8, 4) is 41.0 Å². The minimum atomic E-state index is -0.201. The molecule has 11 nitrogen and oxygen atoms in total. The standard InChI is InChI=1S/C34H28N8O3/c1-21-15-25(39-33(36)37)18-27(16-21)44-34-40-31-30(38-22(2)42(31)20-23-9-5-3-6-10-23)32(41-34)45-29-17-24(19-35)13-14-28(29)43-26-11-7-4-8-12-26/h3-18H,20H2,1-2H3,(H4,36,37,39). The molecule has 6 rings (SSSR count). The summed E-state index contributed by atoms with van der Waals surface area (Å²) < 4.78 is 20.6. The maximum Gasteiger partial charge on any atom is 0.327 e. The first-order chi connectivity index (χ1) is 21.8. The second-order valence-electron chi connectivity index (χ2n) is 10.2. The van der Waals surface area contributed by atoms with Crippen molar-refractivity contribution in [2.45, 2.75) is 20.4 Å². The van der Waals surface area contributed by atoms with E-state index in [9.17, 15) is 5.26 Å². The summed E-state index contributed by atoms with van der Waals surface area (Å²) >= 11 is 0. The number of hydrogen-bond acceptors (Lipinski definition) is 8. The molecule has 11 heteroatoms. The third-order valence-corrected chi connectivity index (χ3v) is 6.71. The van der Waals surface area contributed by atoms with E-state index in [1.54, 1.807) is 24.3 Å². The molecule has 6 aromatic rings. The van der Waals surface area contributed by atoms with Crippen LogP contribution in [0.5, 0.6) is 34.9 Å². The molecule has 45 heavy (non-hydrogen) atoms. The van der Waals surface area contributed by atoms with Crippen LogP contribution in [0.15, 0.2) is 97.1 Å². The van der Waals surface area contributed by atoms with Gasteiger partial charge in [0.15, 0.2) is 28.6 Å². The number of benzene rings is 4. The van der Waals surface area contributed by atoms with Gasteiger partial charge in [0.25, 0.3) is 5.88 Å². The van der Waals surface area contributed by atoms with Crippen LogP contribution in [0.1, 0.15) is 22.5 Å². The summed E-state index contributed by atoms with van der Waals surface area (Å²) in [6.07, 6.45) is 0. The van der Waals surface area contributed by atoms with Crippen LogP contribution in [0.2, 0.25) is 0 Å². The first-order valence-corrected chi connectivity index (χ1v) is 14.0. The van der Waals surface area contributed by atoms with Crippen LogP contribution in [0, 0.1) is 30.6 Å². The van der Waals surface area contributed by atoms with Gasteiger partial charge in [0.2, 0.25) is 0 Å². The van der Waals surface area contributed by atoms with Gasteiger partial charge in [-0.2, -0.15) is 15.2 Å². The lowest BCUT2D eigenvalue weighted by molar-refractivity contribution is 0.395. The lowest BCUT2D eigenvalue weighted by atomic mass is 10.2. The van der Waals surface area contributed by atoms with Crippen molar-refractivity contribution in [1.29, 1.82) is 10.7 Å². The number of ether oxygens (including phenoxy) is 3. The third kappa shape index (κ3) is 6.65. The van der Waals surface area contributed by atoms with Crippen LogP contribution in [0.25, 0.3) is 11.2 Å². The van der Waals surface area contributed by atoms with Gasteiger partial charge < -0.3 is 29.8 Å². The highest BCUT2D eigenvalue weighted by Gasteiger charge is 2.21. The fourth-order valence-electron chi connectivity index (χ4n) is 4.74. The summed E-state index contributed by atoms with van der Waals surface area (Å²) in [5, 5.41) is 20.0. The summed E-state index contributed by atoms with van der Waals surface area (Å²) in [6.45, 7) is 4.28. The molecule has 0 atom stereocenters. The van der Waals surface area contributed by atoms with Crippen LogP contribution >= 0.6 is 0 Å². The second kappa shape index (κ2) is 12.4. The van der Waals surface area contributed by atoms with Crippen LogP contribution < -0.4 is 25.3 Å². The Hall–Kier alpha value is -6.41. The Kier molecular flexibility index (Phi) is 7.94. The highest BCUT2D eigenvalue weighted by Crippen LogP contribution is 2.38. The fourth-order valence-corrected chi connectivity index (χ4v) is 4.74. The van der Waals surface area contributed by atoms with Crippen molar-refractivity contribution in [1.82, 2.24) is 19.5 Å². The molecule has 0 fully saturated rings. The first-order valence-electron chi connectivity index (χ1n) is 14.0. The highest BCUT2D eigenvalue weighted by atomic mass is 16.5. The van der Waals surface area contributed by atoms with Gasteiger partial charge in [-0.25, -0.2) is 4.98 Å². The maximum absolute atomic E-state index is 9.63. The van der Waals surface area contributed by atoms with E-state index in [4.69, 9.17) is 35.3 Å². The van der Waals surface area contributed by atoms with E-state index in [1.807, 2.05) is 91.2 Å². The zero-order valence-corrected chi connectivity index (χ0v) is 24.5. The number of anilines is 1. The maximum atomic E-state index is 9.63. The third-order valence-electron chi connectivity index (χ3n) is 6.71. The van der Waals surface area contributed by atoms with Crippen LogP contribution in [0.3, 0.4) is 0 Å². The van der Waals surface area contributed by atoms with Crippen molar-refractivity contribution in [3.05, 3.63) is 120 Å². The number of imidazole rings is 1. The van der Waals surface area contributed by atoms with E-state index in [1.165, 1.54) is 0 Å². The van der Waals surface area contributed by atoms with Crippen molar-refractivity contribution < 1.29 is 14.2 Å². The topological polar surface area (TPSA) is 157 Å². The molecule has 0 aliphatic carbocycles. The Morgan fingerprint density at radius 3 is 2.33 bits per heavy atom. The SMILES string of the molecule is Cc1cc(NC(=N)N)cc(Oc2nc(Oc3cc(C#N)ccc3Oc3ccccc3)c3nc(C)n(Cc4ccccc4)c3n2)c1. The average molecular weight is 597 g/mol. The second-order valence-corrected chi connectivity index (χ2v) is 10.2. The molecule has 4 aromatic carbocycles. The molecule has 4 N–H and O–H groups in total. The van der Waals surface area contributed by atoms with Crippen molar-refractivity contribution in [2.75, 3.05) is 5.32 Å². The van der Waals surface area contributed by atoms with Gasteiger partial charge in [0.05, 0.1) is 18.2 Å². The van der Waals surface area contributed by atoms with E-state index in [0.29, 0.717) is 52.0 Å². The number of aromatic nitrogens is 4. The van der Waals surface area contributed by atoms with E-state index in [0.717, 1.165) is 11.1 Å². The van der Waals surface area contributed by atoms with Gasteiger partial charge in [-0.15, -0.1) is 0 Å². The number of rotatable bonds is 9. The lowest BCUT2D eigenvalue weighted by Gasteiger charge is -2.14. The summed E-state index contributed by atoms with van der Waals surface area (Å²) in [6, 6.07) is 31.6. The molecule has 0 saturated carbocycles. The predicted octanol–water partition coefficient (Wildman–Crippen LogP) is 7.05. The number of hydrogen-bond donors (Lipinski definition) is 3. The van der Waals surface area contributed by atoms with Crippen LogP contribution in [-0.2, 0) is 6.54 Å². The van der Waals surface area contributed by atoms with Crippen molar-refractivity contribution >= 4 is 22.8 Å². The van der Waals surface area contributed by atoms with E-state index < -0.39 is 0 Å². The average Bonchev–Trinajstić information content (AvgIpc) is 3.33. The van der Waals surface area contributed by atoms with Crippen molar-refractivity contribution in [2.24, 2.45) is 5.73 Å². The quantitative estimate of drug-likeness (QED) is 0.118. The molecule has 0 radical (unpaired) electrons. The number of nitrogens with one attached hydrogen (secondary N) is 2. The van der Waals surface area contributed by atoms with Gasteiger partial charge in [-0.1, -0.05) is 48.5 Å². The van der Waals surface area contributed by atoms with Gasteiger partial charge in [-0.05, 0) is 61.4 Å². The van der Waals surface area contributed by atoms with E-state index in [-0.39, 0.29) is 23.6 Å². The summed E-state index contributed by atoms with van der Waals surface area (Å²) in [5.74, 6) is 2.29. The number of nitrogens with zero attached hydrogens (tertiary/aromatic N) is 5. The van der Waals surface area contributed by atoms with Crippen molar-refractivity contribution in [3.63, 3.8) is 0 Å². The smallest absolute Gasteiger partial charge is 0.327 e. The molecule has 0 aliphatic heterocycles. The van der Waals surface area contributed by atoms with Gasteiger partial charge >= 0.3 is 6.01 Å². The molecular weight excluding hydrogens is 568 g/mol. The Morgan fingerprint density at radius 1 is 0.844 bits per heavy atom. The Labute approximate surface area is 259 Å². The highest BCUT2D eigenvalue weighted by molar-refractivity contribution is 5.90. The summed E-state index contributed by atoms with van der Waals surface area (Å²) in [5.41, 5.74) is 9.33. The minimum Gasteiger partial charge on any atom is -0.453 e. The zero-order valence-electron chi connectivity index (χ0n) is 24.5.